The predicted molar refractivity (Wildman–Crippen MR) is 150 cm³/mol. The predicted octanol–water partition coefficient (Wildman–Crippen LogP) is 6.08. The van der Waals surface area contributed by atoms with Crippen LogP contribution in [0.25, 0.3) is 15.9 Å². The van der Waals surface area contributed by atoms with Crippen LogP contribution in [-0.4, -0.2) is 33.4 Å². The van der Waals surface area contributed by atoms with Crippen molar-refractivity contribution in [3.05, 3.63) is 74.3 Å². The smallest absolute Gasteiger partial charge is 0.267 e. The molecule has 37 heavy (non-hydrogen) atoms. The van der Waals surface area contributed by atoms with Gasteiger partial charge < -0.3 is 14.8 Å². The molecule has 7 nitrogen and oxygen atoms in total. The second kappa shape index (κ2) is 10.5. The Bertz CT molecular complexity index is 1530. The zero-order valence-electron chi connectivity index (χ0n) is 20.7. The van der Waals surface area contributed by atoms with Crippen LogP contribution >= 0.6 is 34.7 Å². The number of ether oxygens (including phenoxy) is 2. The molecule has 0 aliphatic carbocycles. The first-order valence-electron chi connectivity index (χ1n) is 11.9. The molecule has 0 fully saturated rings. The van der Waals surface area contributed by atoms with Crippen LogP contribution < -0.4 is 15.6 Å². The fourth-order valence-corrected chi connectivity index (χ4v) is 6.40. The van der Waals surface area contributed by atoms with Gasteiger partial charge in [-0.3, -0.25) is 14.2 Å². The molecule has 1 N–H and O–H groups in total. The lowest BCUT2D eigenvalue weighted by molar-refractivity contribution is -0.113. The highest BCUT2D eigenvalue weighted by Gasteiger charge is 2.31. The van der Waals surface area contributed by atoms with E-state index in [4.69, 9.17) is 26.1 Å². The van der Waals surface area contributed by atoms with Crippen molar-refractivity contribution in [2.45, 2.75) is 44.6 Å². The van der Waals surface area contributed by atoms with E-state index in [2.05, 4.69) is 5.32 Å². The molecule has 0 saturated heterocycles. The number of rotatable bonds is 7. The molecule has 0 atom stereocenters. The molecule has 3 heterocycles. The number of benzene rings is 2. The summed E-state index contributed by atoms with van der Waals surface area (Å²) >= 11 is 8.73. The largest absolute Gasteiger partial charge is 0.494 e. The number of hydrogen-bond acceptors (Lipinski definition) is 7. The van der Waals surface area contributed by atoms with Crippen LogP contribution in [0.5, 0.6) is 5.75 Å². The van der Waals surface area contributed by atoms with Gasteiger partial charge in [-0.2, -0.15) is 0 Å². The maximum atomic E-state index is 14.0. The van der Waals surface area contributed by atoms with Crippen LogP contribution in [-0.2, 0) is 22.6 Å². The molecule has 5 rings (SSSR count). The number of halogens is 1. The lowest BCUT2D eigenvalue weighted by atomic mass is 9.94. The molecule has 0 radical (unpaired) electrons. The molecule has 1 amide bonds. The lowest BCUT2D eigenvalue weighted by Gasteiger charge is -2.29. The van der Waals surface area contributed by atoms with Gasteiger partial charge in [0.05, 0.1) is 35.6 Å². The zero-order valence-corrected chi connectivity index (χ0v) is 23.1. The van der Waals surface area contributed by atoms with Crippen LogP contribution in [0.4, 0.5) is 5.69 Å². The highest BCUT2D eigenvalue weighted by Crippen LogP contribution is 2.38. The Balaban J connectivity index is 1.54. The molecule has 1 aliphatic heterocycles. The number of nitrogens with one attached hydrogen (secondary N) is 1. The fraction of sp³-hybridized carbons (Fsp3) is 0.296. The number of thiophene rings is 1. The van der Waals surface area contributed by atoms with Crippen LogP contribution in [0, 0.1) is 0 Å². The zero-order chi connectivity index (χ0) is 26.2. The van der Waals surface area contributed by atoms with E-state index in [0.29, 0.717) is 51.4 Å². The summed E-state index contributed by atoms with van der Waals surface area (Å²) < 4.78 is 13.1. The summed E-state index contributed by atoms with van der Waals surface area (Å²) in [6.45, 7) is 6.98. The van der Waals surface area contributed by atoms with Gasteiger partial charge in [-0.15, -0.1) is 11.3 Å². The van der Waals surface area contributed by atoms with Crippen LogP contribution in [0.2, 0.25) is 5.02 Å². The Kier molecular flexibility index (Phi) is 7.31. The second-order valence-corrected chi connectivity index (χ2v) is 11.7. The van der Waals surface area contributed by atoms with Crippen molar-refractivity contribution in [1.29, 1.82) is 0 Å². The highest BCUT2D eigenvalue weighted by molar-refractivity contribution is 7.99. The van der Waals surface area contributed by atoms with E-state index in [1.807, 2.05) is 45.0 Å². The first-order valence-corrected chi connectivity index (χ1v) is 14.0. The first-order chi connectivity index (χ1) is 17.7. The van der Waals surface area contributed by atoms with Crippen molar-refractivity contribution in [2.75, 3.05) is 17.7 Å². The molecule has 10 heteroatoms. The summed E-state index contributed by atoms with van der Waals surface area (Å²) in [5, 5.41) is 4.45. The van der Waals surface area contributed by atoms with Gasteiger partial charge in [0.1, 0.15) is 10.6 Å². The van der Waals surface area contributed by atoms with Crippen molar-refractivity contribution in [2.24, 2.45) is 0 Å². The summed E-state index contributed by atoms with van der Waals surface area (Å²) in [5.74, 6) is 0.568. The average molecular weight is 556 g/mol. The van der Waals surface area contributed by atoms with Gasteiger partial charge in [-0.05, 0) is 68.8 Å². The van der Waals surface area contributed by atoms with Crippen molar-refractivity contribution in [3.8, 4) is 11.4 Å². The number of carbonyl (C=O) groups is 1. The summed E-state index contributed by atoms with van der Waals surface area (Å²) in [6, 6.07) is 14.3. The third-order valence-electron chi connectivity index (χ3n) is 5.92. The molecule has 2 aromatic carbocycles. The topological polar surface area (TPSA) is 82.5 Å². The van der Waals surface area contributed by atoms with Crippen molar-refractivity contribution in [3.63, 3.8) is 0 Å². The lowest BCUT2D eigenvalue weighted by Crippen LogP contribution is -2.32. The van der Waals surface area contributed by atoms with E-state index < -0.39 is 0 Å². The van der Waals surface area contributed by atoms with Gasteiger partial charge in [0.15, 0.2) is 5.16 Å². The number of hydrogen-bond donors (Lipinski definition) is 1. The van der Waals surface area contributed by atoms with Crippen molar-refractivity contribution in [1.82, 2.24) is 9.55 Å². The van der Waals surface area contributed by atoms with Crippen LogP contribution in [0.3, 0.4) is 0 Å². The summed E-state index contributed by atoms with van der Waals surface area (Å²) in [5.41, 5.74) is 1.76. The number of fused-ring (bicyclic) bond motifs is 3. The van der Waals surface area contributed by atoms with E-state index >= 15 is 0 Å². The van der Waals surface area contributed by atoms with Crippen LogP contribution in [0.15, 0.2) is 58.5 Å². The van der Waals surface area contributed by atoms with Gasteiger partial charge in [-0.1, -0.05) is 29.4 Å². The minimum Gasteiger partial charge on any atom is -0.494 e. The van der Waals surface area contributed by atoms with Gasteiger partial charge in [0.2, 0.25) is 5.91 Å². The molecule has 192 valence electrons. The Hall–Kier alpha value is -2.85. The normalized spacial score (nSPS) is 14.4. The highest BCUT2D eigenvalue weighted by atomic mass is 35.5. The first kappa shape index (κ1) is 25.8. The number of anilines is 1. The van der Waals surface area contributed by atoms with E-state index in [0.717, 1.165) is 16.2 Å². The molecule has 1 aliphatic rings. The van der Waals surface area contributed by atoms with Gasteiger partial charge in [-0.25, -0.2) is 4.98 Å². The number of carbonyl (C=O) groups excluding carboxylic acids is 1. The average Bonchev–Trinajstić information content (AvgIpc) is 3.20. The third-order valence-corrected chi connectivity index (χ3v) is 8.19. The fourth-order valence-electron chi connectivity index (χ4n) is 4.25. The minimum absolute atomic E-state index is 0.0721. The standard InChI is InChI=1S/C27H26ClN3O4S2/c1-4-34-19-10-8-18(9-11-19)31-25(33)23-20-13-27(2,3)35-14-21(20)37-24(23)30-26(31)36-15-22(32)29-17-7-5-6-16(28)12-17/h5-12H,4,13-15H2,1-3H3,(H,29,32). The number of aromatic nitrogens is 2. The summed E-state index contributed by atoms with van der Waals surface area (Å²) in [7, 11) is 0. The third kappa shape index (κ3) is 5.55. The van der Waals surface area contributed by atoms with E-state index in [1.54, 1.807) is 28.8 Å². The van der Waals surface area contributed by atoms with E-state index in [-0.39, 0.29) is 22.8 Å². The minimum atomic E-state index is -0.358. The molecule has 0 spiro atoms. The molecular formula is C27H26ClN3O4S2. The number of thioether (sulfide) groups is 1. The molecular weight excluding hydrogens is 530 g/mol. The Morgan fingerprint density at radius 1 is 1.27 bits per heavy atom. The van der Waals surface area contributed by atoms with Gasteiger partial charge in [0.25, 0.3) is 5.56 Å². The number of nitrogens with zero attached hydrogens (tertiary/aromatic N) is 2. The quantitative estimate of drug-likeness (QED) is 0.220. The van der Waals surface area contributed by atoms with E-state index in [9.17, 15) is 9.59 Å². The second-order valence-electron chi connectivity index (χ2n) is 9.22. The SMILES string of the molecule is CCOc1ccc(-n2c(SCC(=O)Nc3cccc(Cl)c3)nc3sc4c(c3c2=O)CC(C)(C)OC4)cc1. The van der Waals surface area contributed by atoms with Crippen molar-refractivity contribution < 1.29 is 14.3 Å². The molecule has 2 aromatic heterocycles. The maximum absolute atomic E-state index is 14.0. The number of amides is 1. The Morgan fingerprint density at radius 2 is 2.05 bits per heavy atom. The van der Waals surface area contributed by atoms with E-state index in [1.165, 1.54) is 23.1 Å². The molecule has 0 saturated carbocycles. The van der Waals surface area contributed by atoms with Gasteiger partial charge in [0, 0.05) is 22.0 Å². The monoisotopic (exact) mass is 555 g/mol. The summed E-state index contributed by atoms with van der Waals surface area (Å²) in [4.78, 5) is 33.3. The molecule has 0 bridgehead atoms. The Labute approximate surface area is 227 Å². The summed E-state index contributed by atoms with van der Waals surface area (Å²) in [6.07, 6.45) is 0.636. The Morgan fingerprint density at radius 3 is 2.78 bits per heavy atom. The van der Waals surface area contributed by atoms with Gasteiger partial charge >= 0.3 is 0 Å². The maximum Gasteiger partial charge on any atom is 0.267 e. The molecule has 4 aromatic rings. The van der Waals surface area contributed by atoms with Crippen LogP contribution in [0.1, 0.15) is 31.2 Å². The van der Waals surface area contributed by atoms with Crippen molar-refractivity contribution >= 4 is 56.5 Å². The molecule has 0 unspecified atom stereocenters.